The number of fused-ring (bicyclic) bond motifs is 1. The molecule has 7 nitrogen and oxygen atoms in total. The number of para-hydroxylation sites is 1. The summed E-state index contributed by atoms with van der Waals surface area (Å²) in [7, 11) is 0. The highest BCUT2D eigenvalue weighted by Crippen LogP contribution is 2.25. The van der Waals surface area contributed by atoms with Crippen LogP contribution in [0.1, 0.15) is 23.0 Å². The molecule has 2 aromatic carbocycles. The summed E-state index contributed by atoms with van der Waals surface area (Å²) in [6.07, 6.45) is 1.45. The fraction of sp³-hybridized carbons (Fsp3) is 0.130. The van der Waals surface area contributed by atoms with Gasteiger partial charge in [-0.05, 0) is 25.1 Å². The first kappa shape index (κ1) is 19.3. The van der Waals surface area contributed by atoms with Gasteiger partial charge < -0.3 is 14.5 Å². The summed E-state index contributed by atoms with van der Waals surface area (Å²) < 4.78 is 10.8. The average Bonchev–Trinajstić information content (AvgIpc) is 2.78. The lowest BCUT2D eigenvalue weighted by atomic mass is 10.1. The summed E-state index contributed by atoms with van der Waals surface area (Å²) in [4.78, 5) is 33.4. The number of amides is 1. The predicted molar refractivity (Wildman–Crippen MR) is 112 cm³/mol. The lowest BCUT2D eigenvalue weighted by Gasteiger charge is -2.08. The van der Waals surface area contributed by atoms with Gasteiger partial charge >= 0.3 is 5.63 Å². The molecule has 0 saturated heterocycles. The molecule has 0 fully saturated rings. The third kappa shape index (κ3) is 4.05. The van der Waals surface area contributed by atoms with Gasteiger partial charge in [-0.2, -0.15) is 0 Å². The highest BCUT2D eigenvalue weighted by Gasteiger charge is 2.16. The second kappa shape index (κ2) is 8.57. The molecule has 0 bridgehead atoms. The van der Waals surface area contributed by atoms with E-state index >= 15 is 0 Å². The summed E-state index contributed by atoms with van der Waals surface area (Å²) in [5.74, 6) is -0.0687. The van der Waals surface area contributed by atoms with Crippen LogP contribution in [-0.4, -0.2) is 22.5 Å². The van der Waals surface area contributed by atoms with Crippen molar-refractivity contribution >= 4 is 16.9 Å². The van der Waals surface area contributed by atoms with E-state index in [4.69, 9.17) is 9.15 Å². The van der Waals surface area contributed by atoms with Gasteiger partial charge in [0.15, 0.2) is 11.3 Å². The minimum Gasteiger partial charge on any atom is -0.490 e. The van der Waals surface area contributed by atoms with E-state index in [0.29, 0.717) is 29.0 Å². The smallest absolute Gasteiger partial charge is 0.349 e. The number of carbonyl (C=O) groups excluding carboxylic acids is 1. The Labute approximate surface area is 172 Å². The molecular weight excluding hydrogens is 382 g/mol. The number of hydrogen-bond donors (Lipinski definition) is 1. The van der Waals surface area contributed by atoms with Crippen molar-refractivity contribution in [2.75, 3.05) is 6.61 Å². The number of ether oxygens (including phenoxy) is 1. The zero-order chi connectivity index (χ0) is 20.9. The van der Waals surface area contributed by atoms with Crippen LogP contribution >= 0.6 is 0 Å². The molecule has 0 aliphatic carbocycles. The summed E-state index contributed by atoms with van der Waals surface area (Å²) in [6, 6.07) is 18.2. The van der Waals surface area contributed by atoms with Gasteiger partial charge in [-0.3, -0.25) is 4.79 Å². The molecule has 2 heterocycles. The van der Waals surface area contributed by atoms with Crippen molar-refractivity contribution in [3.63, 3.8) is 0 Å². The third-order valence-electron chi connectivity index (χ3n) is 4.49. The van der Waals surface area contributed by atoms with Gasteiger partial charge in [0, 0.05) is 10.9 Å². The third-order valence-corrected chi connectivity index (χ3v) is 4.49. The van der Waals surface area contributed by atoms with E-state index < -0.39 is 11.5 Å². The largest absolute Gasteiger partial charge is 0.490 e. The highest BCUT2D eigenvalue weighted by atomic mass is 16.5. The van der Waals surface area contributed by atoms with Crippen LogP contribution in [-0.2, 0) is 6.54 Å². The fourth-order valence-electron chi connectivity index (χ4n) is 3.07. The molecule has 0 saturated carbocycles. The van der Waals surface area contributed by atoms with Crippen LogP contribution in [0, 0.1) is 0 Å². The molecule has 4 rings (SSSR count). The second-order valence-corrected chi connectivity index (χ2v) is 6.50. The zero-order valence-corrected chi connectivity index (χ0v) is 16.3. The fourth-order valence-corrected chi connectivity index (χ4v) is 3.07. The normalized spacial score (nSPS) is 10.7. The van der Waals surface area contributed by atoms with Crippen molar-refractivity contribution in [1.29, 1.82) is 0 Å². The van der Waals surface area contributed by atoms with Gasteiger partial charge in [0.1, 0.15) is 11.9 Å². The molecule has 150 valence electrons. The lowest BCUT2D eigenvalue weighted by molar-refractivity contribution is 0.0947. The van der Waals surface area contributed by atoms with Gasteiger partial charge in [-0.15, -0.1) is 0 Å². The highest BCUT2D eigenvalue weighted by molar-refractivity contribution is 5.97. The van der Waals surface area contributed by atoms with Crippen molar-refractivity contribution in [2.45, 2.75) is 13.5 Å². The van der Waals surface area contributed by atoms with Crippen molar-refractivity contribution in [1.82, 2.24) is 15.3 Å². The average molecular weight is 401 g/mol. The quantitative estimate of drug-likeness (QED) is 0.496. The monoisotopic (exact) mass is 401 g/mol. The number of aromatic nitrogens is 2. The van der Waals surface area contributed by atoms with Crippen LogP contribution in [0.25, 0.3) is 22.2 Å². The number of benzene rings is 2. The van der Waals surface area contributed by atoms with Crippen LogP contribution in [0.4, 0.5) is 0 Å². The Morgan fingerprint density at radius 1 is 1.07 bits per heavy atom. The molecule has 4 aromatic rings. The van der Waals surface area contributed by atoms with Gasteiger partial charge in [-0.25, -0.2) is 14.8 Å². The maximum Gasteiger partial charge on any atom is 0.349 e. The number of hydrogen-bond acceptors (Lipinski definition) is 6. The van der Waals surface area contributed by atoms with Gasteiger partial charge in [0.25, 0.3) is 5.91 Å². The van der Waals surface area contributed by atoms with E-state index in [1.165, 1.54) is 12.4 Å². The SMILES string of the molecule is CCOc1cccc2cc(C(=O)NCc3cc(-c4ccccc4)ncn3)c(=O)oc12. The summed E-state index contributed by atoms with van der Waals surface area (Å²) in [5, 5.41) is 3.33. The molecule has 1 N–H and O–H groups in total. The summed E-state index contributed by atoms with van der Waals surface area (Å²) in [6.45, 7) is 2.43. The molecule has 0 radical (unpaired) electrons. The Hall–Kier alpha value is -4.00. The first-order valence-corrected chi connectivity index (χ1v) is 9.50. The van der Waals surface area contributed by atoms with E-state index in [-0.39, 0.29) is 12.1 Å². The minimum absolute atomic E-state index is 0.0755. The van der Waals surface area contributed by atoms with Crippen LogP contribution in [0.15, 0.2) is 76.2 Å². The Bertz CT molecular complexity index is 1250. The van der Waals surface area contributed by atoms with Crippen LogP contribution in [0.3, 0.4) is 0 Å². The van der Waals surface area contributed by atoms with Crippen LogP contribution < -0.4 is 15.7 Å². The van der Waals surface area contributed by atoms with Gasteiger partial charge in [-0.1, -0.05) is 42.5 Å². The van der Waals surface area contributed by atoms with Gasteiger partial charge in [0.2, 0.25) is 0 Å². The molecule has 30 heavy (non-hydrogen) atoms. The molecule has 1 amide bonds. The summed E-state index contributed by atoms with van der Waals surface area (Å²) in [5.41, 5.74) is 1.86. The Morgan fingerprint density at radius 3 is 2.70 bits per heavy atom. The molecule has 0 atom stereocenters. The Kier molecular flexibility index (Phi) is 5.52. The molecule has 2 aromatic heterocycles. The Morgan fingerprint density at radius 2 is 1.90 bits per heavy atom. The van der Waals surface area contributed by atoms with E-state index in [2.05, 4.69) is 15.3 Å². The van der Waals surface area contributed by atoms with Crippen molar-refractivity contribution in [3.05, 3.63) is 88.7 Å². The maximum atomic E-state index is 12.6. The zero-order valence-electron chi connectivity index (χ0n) is 16.3. The van der Waals surface area contributed by atoms with E-state index in [9.17, 15) is 9.59 Å². The molecule has 0 spiro atoms. The molecular formula is C23H19N3O4. The predicted octanol–water partition coefficient (Wildman–Crippen LogP) is 3.58. The standard InChI is InChI=1S/C23H19N3O4/c1-2-29-20-10-6-9-16-11-18(23(28)30-21(16)20)22(27)24-13-17-12-19(26-14-25-17)15-7-4-3-5-8-15/h3-12,14H,2,13H2,1H3,(H,24,27). The topological polar surface area (TPSA) is 94.3 Å². The van der Waals surface area contributed by atoms with Crippen molar-refractivity contribution in [3.8, 4) is 17.0 Å². The number of nitrogens with one attached hydrogen (secondary N) is 1. The minimum atomic E-state index is -0.722. The number of carbonyl (C=O) groups is 1. The second-order valence-electron chi connectivity index (χ2n) is 6.50. The number of rotatable bonds is 6. The molecule has 0 unspecified atom stereocenters. The van der Waals surface area contributed by atoms with E-state index in [0.717, 1.165) is 11.3 Å². The van der Waals surface area contributed by atoms with E-state index in [1.54, 1.807) is 24.3 Å². The van der Waals surface area contributed by atoms with Gasteiger partial charge in [0.05, 0.1) is 24.5 Å². The van der Waals surface area contributed by atoms with E-state index in [1.807, 2.05) is 37.3 Å². The van der Waals surface area contributed by atoms with Crippen molar-refractivity contribution < 1.29 is 13.9 Å². The van der Waals surface area contributed by atoms with Crippen LogP contribution in [0.2, 0.25) is 0 Å². The summed E-state index contributed by atoms with van der Waals surface area (Å²) >= 11 is 0. The van der Waals surface area contributed by atoms with Crippen LogP contribution in [0.5, 0.6) is 5.75 Å². The maximum absolute atomic E-state index is 12.6. The first-order chi connectivity index (χ1) is 14.7. The molecule has 0 aliphatic rings. The Balaban J connectivity index is 1.54. The first-order valence-electron chi connectivity index (χ1n) is 9.50. The molecule has 0 aliphatic heterocycles. The number of nitrogens with zero attached hydrogens (tertiary/aromatic N) is 2. The molecule has 7 heteroatoms. The lowest BCUT2D eigenvalue weighted by Crippen LogP contribution is -2.28. The van der Waals surface area contributed by atoms with Crippen molar-refractivity contribution in [2.24, 2.45) is 0 Å².